The highest BCUT2D eigenvalue weighted by atomic mass is 32.1. The van der Waals surface area contributed by atoms with Crippen molar-refractivity contribution >= 4 is 17.4 Å². The molecular weight excluding hydrogens is 234 g/mol. The maximum absolute atomic E-state index is 12.0. The average Bonchev–Trinajstić information content (AvgIpc) is 3.07. The number of hydrogen-bond donors (Lipinski definition) is 1. The van der Waals surface area contributed by atoms with Crippen LogP contribution < -0.4 is 5.32 Å². The lowest BCUT2D eigenvalue weighted by Crippen LogP contribution is -2.41. The smallest absolute Gasteiger partial charge is 0.318 e. The van der Waals surface area contributed by atoms with E-state index in [1.165, 1.54) is 0 Å². The first-order valence-electron chi connectivity index (χ1n) is 6.16. The molecule has 0 radical (unpaired) electrons. The van der Waals surface area contributed by atoms with Crippen LogP contribution in [0.5, 0.6) is 0 Å². The lowest BCUT2D eigenvalue weighted by molar-refractivity contribution is 0.191. The van der Waals surface area contributed by atoms with Gasteiger partial charge < -0.3 is 10.2 Å². The number of amides is 2. The van der Waals surface area contributed by atoms with Crippen molar-refractivity contribution in [2.24, 2.45) is 0 Å². The molecule has 0 unspecified atom stereocenters. The summed E-state index contributed by atoms with van der Waals surface area (Å²) in [5, 5.41) is 6.04. The molecule has 4 nitrogen and oxygen atoms in total. The predicted octanol–water partition coefficient (Wildman–Crippen LogP) is 2.54. The molecule has 1 aromatic rings. The van der Waals surface area contributed by atoms with Crippen LogP contribution in [-0.2, 0) is 6.54 Å². The third-order valence-electron chi connectivity index (χ3n) is 2.77. The molecule has 0 aromatic carbocycles. The molecule has 1 aliphatic carbocycles. The maximum atomic E-state index is 12.0. The number of nitrogens with one attached hydrogen (secondary N) is 1. The van der Waals surface area contributed by atoms with Gasteiger partial charge in [-0.05, 0) is 26.2 Å². The summed E-state index contributed by atoms with van der Waals surface area (Å²) in [6, 6.07) is 0.480. The fourth-order valence-electron chi connectivity index (χ4n) is 1.74. The van der Waals surface area contributed by atoms with Gasteiger partial charge in [0, 0.05) is 18.0 Å². The molecule has 0 spiro atoms. The molecule has 1 aliphatic rings. The summed E-state index contributed by atoms with van der Waals surface area (Å²) in [5.41, 5.74) is 1.01. The first-order chi connectivity index (χ1) is 8.20. The number of urea groups is 1. The Balaban J connectivity index is 1.95. The Morgan fingerprint density at radius 2 is 2.41 bits per heavy atom. The molecule has 94 valence electrons. The van der Waals surface area contributed by atoms with Gasteiger partial charge in [0.15, 0.2) is 0 Å². The molecule has 2 amide bonds. The highest BCUT2D eigenvalue weighted by Gasteiger charge is 2.32. The topological polar surface area (TPSA) is 45.2 Å². The molecule has 1 saturated carbocycles. The normalized spacial score (nSPS) is 14.7. The summed E-state index contributed by atoms with van der Waals surface area (Å²) in [7, 11) is 0. The molecule has 5 heteroatoms. The van der Waals surface area contributed by atoms with Crippen molar-refractivity contribution in [1.82, 2.24) is 15.2 Å². The third kappa shape index (κ3) is 3.43. The van der Waals surface area contributed by atoms with E-state index in [-0.39, 0.29) is 6.03 Å². The van der Waals surface area contributed by atoms with Gasteiger partial charge in [-0.1, -0.05) is 6.92 Å². The van der Waals surface area contributed by atoms with Crippen LogP contribution in [0.4, 0.5) is 4.79 Å². The summed E-state index contributed by atoms with van der Waals surface area (Å²) in [5.74, 6) is 0. The summed E-state index contributed by atoms with van der Waals surface area (Å²) in [6.07, 6.45) is 3.23. The van der Waals surface area contributed by atoms with Crippen LogP contribution in [0.15, 0.2) is 5.38 Å². The number of rotatable bonds is 5. The van der Waals surface area contributed by atoms with Gasteiger partial charge in [0.05, 0.1) is 17.2 Å². The highest BCUT2D eigenvalue weighted by molar-refractivity contribution is 7.09. The second kappa shape index (κ2) is 5.49. The molecule has 1 heterocycles. The molecule has 1 aromatic heterocycles. The van der Waals surface area contributed by atoms with E-state index in [0.717, 1.165) is 36.5 Å². The van der Waals surface area contributed by atoms with E-state index in [9.17, 15) is 4.79 Å². The van der Waals surface area contributed by atoms with E-state index in [4.69, 9.17) is 0 Å². The van der Waals surface area contributed by atoms with Gasteiger partial charge >= 0.3 is 6.03 Å². The lowest BCUT2D eigenvalue weighted by Gasteiger charge is -2.21. The van der Waals surface area contributed by atoms with Gasteiger partial charge in [-0.15, -0.1) is 11.3 Å². The standard InChI is InChI=1S/C12H19N3OS/c1-3-6-13-12(16)15(11-4-5-11)7-10-8-17-9(2)14-10/h8,11H,3-7H2,1-2H3,(H,13,16). The Bertz CT molecular complexity index is 387. The van der Waals surface area contributed by atoms with Gasteiger partial charge in [0.1, 0.15) is 0 Å². The predicted molar refractivity (Wildman–Crippen MR) is 69.1 cm³/mol. The summed E-state index contributed by atoms with van der Waals surface area (Å²) >= 11 is 1.64. The quantitative estimate of drug-likeness (QED) is 0.876. The second-order valence-electron chi connectivity index (χ2n) is 4.45. The number of carbonyl (C=O) groups is 1. The van der Waals surface area contributed by atoms with Crippen LogP contribution in [0.25, 0.3) is 0 Å². The fraction of sp³-hybridized carbons (Fsp3) is 0.667. The number of carbonyl (C=O) groups excluding carboxylic acids is 1. The first-order valence-corrected chi connectivity index (χ1v) is 7.04. The van der Waals surface area contributed by atoms with Crippen LogP contribution in [0.2, 0.25) is 0 Å². The van der Waals surface area contributed by atoms with Crippen molar-refractivity contribution in [3.8, 4) is 0 Å². The molecule has 0 atom stereocenters. The molecule has 1 fully saturated rings. The first kappa shape index (κ1) is 12.4. The van der Waals surface area contributed by atoms with E-state index in [2.05, 4.69) is 17.2 Å². The Labute approximate surface area is 106 Å². The van der Waals surface area contributed by atoms with Crippen LogP contribution in [0.3, 0.4) is 0 Å². The molecule has 17 heavy (non-hydrogen) atoms. The Kier molecular flexibility index (Phi) is 3.99. The molecule has 0 bridgehead atoms. The van der Waals surface area contributed by atoms with Crippen molar-refractivity contribution in [3.05, 3.63) is 16.1 Å². The summed E-state index contributed by atoms with van der Waals surface area (Å²) in [6.45, 7) is 5.45. The SMILES string of the molecule is CCCNC(=O)N(Cc1csc(C)n1)C1CC1. The van der Waals surface area contributed by atoms with Crippen LogP contribution in [-0.4, -0.2) is 28.5 Å². The highest BCUT2D eigenvalue weighted by Crippen LogP contribution is 2.28. The second-order valence-corrected chi connectivity index (χ2v) is 5.51. The number of hydrogen-bond acceptors (Lipinski definition) is 3. The molecule has 0 aliphatic heterocycles. The lowest BCUT2D eigenvalue weighted by atomic mass is 10.4. The molecule has 0 saturated heterocycles. The maximum Gasteiger partial charge on any atom is 0.318 e. The van der Waals surface area contributed by atoms with Crippen LogP contribution >= 0.6 is 11.3 Å². The molecular formula is C12H19N3OS. The number of nitrogens with zero attached hydrogens (tertiary/aromatic N) is 2. The summed E-state index contributed by atoms with van der Waals surface area (Å²) in [4.78, 5) is 18.3. The number of thiazole rings is 1. The van der Waals surface area contributed by atoms with E-state index in [1.54, 1.807) is 11.3 Å². The Hall–Kier alpha value is -1.10. The van der Waals surface area contributed by atoms with Gasteiger partial charge in [-0.25, -0.2) is 9.78 Å². The van der Waals surface area contributed by atoms with Crippen molar-refractivity contribution in [3.63, 3.8) is 0 Å². The van der Waals surface area contributed by atoms with Crippen molar-refractivity contribution in [2.45, 2.75) is 45.7 Å². The monoisotopic (exact) mass is 253 g/mol. The van der Waals surface area contributed by atoms with E-state index < -0.39 is 0 Å². The molecule has 1 N–H and O–H groups in total. The van der Waals surface area contributed by atoms with Crippen molar-refractivity contribution < 1.29 is 4.79 Å². The Morgan fingerprint density at radius 1 is 1.65 bits per heavy atom. The molecule has 2 rings (SSSR count). The van der Waals surface area contributed by atoms with Crippen molar-refractivity contribution in [2.75, 3.05) is 6.54 Å². The fourth-order valence-corrected chi connectivity index (χ4v) is 2.35. The largest absolute Gasteiger partial charge is 0.338 e. The van der Waals surface area contributed by atoms with E-state index in [1.807, 2.05) is 17.2 Å². The van der Waals surface area contributed by atoms with Crippen LogP contribution in [0, 0.1) is 6.92 Å². The average molecular weight is 253 g/mol. The van der Waals surface area contributed by atoms with Gasteiger partial charge in [-0.3, -0.25) is 0 Å². The van der Waals surface area contributed by atoms with Gasteiger partial charge in [-0.2, -0.15) is 0 Å². The minimum absolute atomic E-state index is 0.0556. The summed E-state index contributed by atoms with van der Waals surface area (Å²) < 4.78 is 0. The zero-order valence-corrected chi connectivity index (χ0v) is 11.2. The van der Waals surface area contributed by atoms with E-state index in [0.29, 0.717) is 12.6 Å². The van der Waals surface area contributed by atoms with Gasteiger partial charge in [0.25, 0.3) is 0 Å². The Morgan fingerprint density at radius 3 is 2.94 bits per heavy atom. The van der Waals surface area contributed by atoms with Crippen LogP contribution in [0.1, 0.15) is 36.9 Å². The zero-order valence-electron chi connectivity index (χ0n) is 10.4. The van der Waals surface area contributed by atoms with Gasteiger partial charge in [0.2, 0.25) is 0 Å². The minimum Gasteiger partial charge on any atom is -0.338 e. The van der Waals surface area contributed by atoms with Crippen molar-refractivity contribution in [1.29, 1.82) is 0 Å². The van der Waals surface area contributed by atoms with E-state index >= 15 is 0 Å². The minimum atomic E-state index is 0.0556. The number of aromatic nitrogens is 1. The third-order valence-corrected chi connectivity index (χ3v) is 3.60. The number of aryl methyl sites for hydroxylation is 1. The zero-order chi connectivity index (χ0) is 12.3.